The first-order valence-electron chi connectivity index (χ1n) is 14.5. The molecule has 0 saturated heterocycles. The summed E-state index contributed by atoms with van der Waals surface area (Å²) in [5.41, 5.74) is 0.499. The first kappa shape index (κ1) is 28.8. The maximum Gasteiger partial charge on any atom is 0.343 e. The molecule has 202 valence electrons. The lowest BCUT2D eigenvalue weighted by molar-refractivity contribution is 0.0734. The Kier molecular flexibility index (Phi) is 13.2. The standard InChI is InChI=1S/C33H46O4/c1-3-5-7-9-25-35-30-19-17-29(18-20-30)33(34)37-32-23-21-31(22-24-32)36-26-10-12-28-15-13-27(14-16-28)11-8-6-4-2/h10,12,17-24,27-28H,3-9,11,13-16,25-26H2,1-2H3/t27-,28-. The van der Waals surface area contributed by atoms with Gasteiger partial charge in [0.15, 0.2) is 0 Å². The number of hydrogen-bond acceptors (Lipinski definition) is 4. The molecule has 37 heavy (non-hydrogen) atoms. The number of unbranched alkanes of at least 4 members (excludes halogenated alkanes) is 5. The van der Waals surface area contributed by atoms with E-state index in [2.05, 4.69) is 26.0 Å². The second-order valence-electron chi connectivity index (χ2n) is 10.3. The number of carbonyl (C=O) groups is 1. The topological polar surface area (TPSA) is 44.8 Å². The molecule has 0 spiro atoms. The minimum atomic E-state index is -0.383. The lowest BCUT2D eigenvalue weighted by Gasteiger charge is -2.26. The van der Waals surface area contributed by atoms with Crippen LogP contribution in [0.4, 0.5) is 0 Å². The molecule has 0 unspecified atom stereocenters. The number of rotatable bonds is 16. The summed E-state index contributed by atoms with van der Waals surface area (Å²) in [6.45, 7) is 5.73. The molecule has 4 heteroatoms. The molecule has 4 nitrogen and oxygen atoms in total. The Labute approximate surface area is 224 Å². The van der Waals surface area contributed by atoms with Crippen LogP contribution < -0.4 is 14.2 Å². The molecule has 0 aromatic heterocycles. The Bertz CT molecular complexity index is 908. The van der Waals surface area contributed by atoms with Crippen LogP contribution in [0.3, 0.4) is 0 Å². The van der Waals surface area contributed by atoms with Crippen molar-refractivity contribution in [2.45, 2.75) is 90.9 Å². The van der Waals surface area contributed by atoms with Gasteiger partial charge in [0.1, 0.15) is 23.9 Å². The van der Waals surface area contributed by atoms with Crippen molar-refractivity contribution in [1.82, 2.24) is 0 Å². The molecule has 0 aliphatic heterocycles. The summed E-state index contributed by atoms with van der Waals surface area (Å²) in [4.78, 5) is 12.5. The zero-order chi connectivity index (χ0) is 26.1. The summed E-state index contributed by atoms with van der Waals surface area (Å²) in [6.07, 6.45) is 20.0. The van der Waals surface area contributed by atoms with E-state index in [-0.39, 0.29) is 5.97 Å². The fourth-order valence-electron chi connectivity index (χ4n) is 4.92. The lowest BCUT2D eigenvalue weighted by atomic mass is 9.79. The Morgan fingerprint density at radius 3 is 2.08 bits per heavy atom. The summed E-state index contributed by atoms with van der Waals surface area (Å²) < 4.78 is 17.1. The zero-order valence-corrected chi connectivity index (χ0v) is 23.0. The highest BCUT2D eigenvalue weighted by molar-refractivity contribution is 5.91. The van der Waals surface area contributed by atoms with Crippen molar-refractivity contribution >= 4 is 5.97 Å². The van der Waals surface area contributed by atoms with E-state index in [1.54, 1.807) is 24.3 Å². The molecule has 1 saturated carbocycles. The normalized spacial score (nSPS) is 17.6. The predicted molar refractivity (Wildman–Crippen MR) is 152 cm³/mol. The average Bonchev–Trinajstić information content (AvgIpc) is 2.93. The zero-order valence-electron chi connectivity index (χ0n) is 23.0. The van der Waals surface area contributed by atoms with Crippen molar-refractivity contribution in [3.8, 4) is 17.2 Å². The fourth-order valence-corrected chi connectivity index (χ4v) is 4.92. The third-order valence-corrected chi connectivity index (χ3v) is 7.25. The van der Waals surface area contributed by atoms with E-state index in [0.717, 1.165) is 23.8 Å². The molecule has 3 rings (SSSR count). The minimum Gasteiger partial charge on any atom is -0.494 e. The Morgan fingerprint density at radius 2 is 1.38 bits per heavy atom. The number of ether oxygens (including phenoxy) is 3. The van der Waals surface area contributed by atoms with Crippen LogP contribution in [0, 0.1) is 11.8 Å². The molecule has 0 atom stereocenters. The third kappa shape index (κ3) is 11.0. The van der Waals surface area contributed by atoms with Crippen molar-refractivity contribution in [2.75, 3.05) is 13.2 Å². The van der Waals surface area contributed by atoms with E-state index in [0.29, 0.717) is 30.4 Å². The molecule has 0 heterocycles. The minimum absolute atomic E-state index is 0.383. The van der Waals surface area contributed by atoms with E-state index < -0.39 is 0 Å². The van der Waals surface area contributed by atoms with Crippen LogP contribution in [0.25, 0.3) is 0 Å². The van der Waals surface area contributed by atoms with Gasteiger partial charge in [-0.25, -0.2) is 4.79 Å². The smallest absolute Gasteiger partial charge is 0.343 e. The van der Waals surface area contributed by atoms with E-state index >= 15 is 0 Å². The van der Waals surface area contributed by atoms with Gasteiger partial charge in [-0.2, -0.15) is 0 Å². The number of esters is 1. The largest absolute Gasteiger partial charge is 0.494 e. The monoisotopic (exact) mass is 506 g/mol. The second kappa shape index (κ2) is 16.9. The Morgan fingerprint density at radius 1 is 0.757 bits per heavy atom. The van der Waals surface area contributed by atoms with Crippen molar-refractivity contribution in [1.29, 1.82) is 0 Å². The first-order chi connectivity index (χ1) is 18.2. The highest BCUT2D eigenvalue weighted by Gasteiger charge is 2.18. The van der Waals surface area contributed by atoms with Gasteiger partial charge in [0.25, 0.3) is 0 Å². The Hall–Kier alpha value is -2.75. The van der Waals surface area contributed by atoms with Gasteiger partial charge in [0.05, 0.1) is 12.2 Å². The predicted octanol–water partition coefficient (Wildman–Crippen LogP) is 9.19. The highest BCUT2D eigenvalue weighted by atomic mass is 16.5. The van der Waals surface area contributed by atoms with Gasteiger partial charge in [0.2, 0.25) is 0 Å². The highest BCUT2D eigenvalue weighted by Crippen LogP contribution is 2.32. The van der Waals surface area contributed by atoms with E-state index in [4.69, 9.17) is 14.2 Å². The lowest BCUT2D eigenvalue weighted by Crippen LogP contribution is -2.13. The van der Waals surface area contributed by atoms with E-state index in [1.807, 2.05) is 24.3 Å². The van der Waals surface area contributed by atoms with Gasteiger partial charge in [-0.1, -0.05) is 70.9 Å². The van der Waals surface area contributed by atoms with Crippen LogP contribution in [-0.2, 0) is 0 Å². The quantitative estimate of drug-likeness (QED) is 0.0985. The van der Waals surface area contributed by atoms with Crippen LogP contribution >= 0.6 is 0 Å². The van der Waals surface area contributed by atoms with Gasteiger partial charge in [-0.05, 0) is 92.5 Å². The molecule has 2 aromatic rings. The molecule has 0 N–H and O–H groups in total. The molecule has 1 fully saturated rings. The summed E-state index contributed by atoms with van der Waals surface area (Å²) >= 11 is 0. The average molecular weight is 507 g/mol. The molecule has 1 aliphatic rings. The number of hydrogen-bond donors (Lipinski definition) is 0. The van der Waals surface area contributed by atoms with Gasteiger partial charge in [-0.3, -0.25) is 0 Å². The fraction of sp³-hybridized carbons (Fsp3) is 0.545. The summed E-state index contributed by atoms with van der Waals surface area (Å²) in [6, 6.07) is 14.3. The second-order valence-corrected chi connectivity index (χ2v) is 10.3. The van der Waals surface area contributed by atoms with Crippen LogP contribution in [0.15, 0.2) is 60.7 Å². The van der Waals surface area contributed by atoms with Gasteiger partial charge >= 0.3 is 5.97 Å². The maximum atomic E-state index is 12.5. The van der Waals surface area contributed by atoms with Crippen molar-refractivity contribution in [2.24, 2.45) is 11.8 Å². The van der Waals surface area contributed by atoms with Gasteiger partial charge in [-0.15, -0.1) is 0 Å². The number of carbonyl (C=O) groups excluding carboxylic acids is 1. The van der Waals surface area contributed by atoms with Crippen LogP contribution in [-0.4, -0.2) is 19.2 Å². The molecule has 0 amide bonds. The van der Waals surface area contributed by atoms with Crippen molar-refractivity contribution in [3.63, 3.8) is 0 Å². The first-order valence-corrected chi connectivity index (χ1v) is 14.5. The molecule has 0 bridgehead atoms. The molecular weight excluding hydrogens is 460 g/mol. The molecule has 0 radical (unpaired) electrons. The van der Waals surface area contributed by atoms with E-state index in [9.17, 15) is 4.79 Å². The SMILES string of the molecule is CCCCCCOc1ccc(C(=O)Oc2ccc(OCC=C[C@H]3CC[C@H](CCCCC)CC3)cc2)cc1. The number of benzene rings is 2. The summed E-state index contributed by atoms with van der Waals surface area (Å²) in [7, 11) is 0. The molecule has 1 aliphatic carbocycles. The van der Waals surface area contributed by atoms with Crippen molar-refractivity contribution < 1.29 is 19.0 Å². The third-order valence-electron chi connectivity index (χ3n) is 7.25. The Balaban J connectivity index is 1.33. The molecule has 2 aromatic carbocycles. The molecular formula is C33H46O4. The van der Waals surface area contributed by atoms with Crippen molar-refractivity contribution in [3.05, 3.63) is 66.2 Å². The number of allylic oxidation sites excluding steroid dienone is 1. The summed E-state index contributed by atoms with van der Waals surface area (Å²) in [5.74, 6) is 3.30. The van der Waals surface area contributed by atoms with Gasteiger partial charge < -0.3 is 14.2 Å². The van der Waals surface area contributed by atoms with Gasteiger partial charge in [0, 0.05) is 0 Å². The van der Waals surface area contributed by atoms with Crippen LogP contribution in [0.2, 0.25) is 0 Å². The maximum absolute atomic E-state index is 12.5. The van der Waals surface area contributed by atoms with Crippen LogP contribution in [0.1, 0.15) is 101 Å². The van der Waals surface area contributed by atoms with E-state index in [1.165, 1.54) is 70.6 Å². The van der Waals surface area contributed by atoms with Crippen LogP contribution in [0.5, 0.6) is 17.2 Å². The summed E-state index contributed by atoms with van der Waals surface area (Å²) in [5, 5.41) is 0.